The van der Waals surface area contributed by atoms with Gasteiger partial charge in [-0.15, -0.1) is 24.0 Å². The zero-order valence-corrected chi connectivity index (χ0v) is 15.0. The van der Waals surface area contributed by atoms with Crippen LogP contribution >= 0.6 is 35.7 Å². The number of hydrogen-bond donors (Lipinski definition) is 2. The van der Waals surface area contributed by atoms with Crippen molar-refractivity contribution in [3.63, 3.8) is 0 Å². The minimum Gasteiger partial charge on any atom is -0.370 e. The van der Waals surface area contributed by atoms with Crippen molar-refractivity contribution in [1.29, 1.82) is 0 Å². The van der Waals surface area contributed by atoms with Crippen LogP contribution in [-0.4, -0.2) is 53.9 Å². The molecule has 0 spiro atoms. The normalized spacial score (nSPS) is 20.6. The third-order valence-electron chi connectivity index (χ3n) is 3.67. The van der Waals surface area contributed by atoms with Crippen LogP contribution in [0.1, 0.15) is 32.1 Å². The summed E-state index contributed by atoms with van der Waals surface area (Å²) in [7, 11) is 0. The number of aliphatic imine (C=N–C) groups is 1. The number of nitrogens with one attached hydrogen (secondary N) is 1. The standard InChI is InChI=1S/C13H24N4OS.HI/c14-13(17-7-9-19-10-8-17)15-6-5-12(18)16-11-3-1-2-4-11;/h11H,1-10H2,(H2,14,15)(H,16,18);1H. The van der Waals surface area contributed by atoms with Crippen molar-refractivity contribution in [2.75, 3.05) is 31.1 Å². The molecule has 20 heavy (non-hydrogen) atoms. The fraction of sp³-hybridized carbons (Fsp3) is 0.846. The molecule has 1 saturated heterocycles. The first-order chi connectivity index (χ1) is 9.25. The van der Waals surface area contributed by atoms with Crippen molar-refractivity contribution >= 4 is 47.6 Å². The Morgan fingerprint density at radius 2 is 1.95 bits per heavy atom. The van der Waals surface area contributed by atoms with Gasteiger partial charge < -0.3 is 16.0 Å². The van der Waals surface area contributed by atoms with Crippen molar-refractivity contribution in [1.82, 2.24) is 10.2 Å². The zero-order valence-electron chi connectivity index (χ0n) is 11.8. The number of guanidine groups is 1. The van der Waals surface area contributed by atoms with Gasteiger partial charge in [0.2, 0.25) is 5.91 Å². The van der Waals surface area contributed by atoms with Crippen LogP contribution in [-0.2, 0) is 4.79 Å². The highest BCUT2D eigenvalue weighted by atomic mass is 127. The average Bonchev–Trinajstić information content (AvgIpc) is 2.92. The Hall–Kier alpha value is -0.180. The van der Waals surface area contributed by atoms with E-state index in [1.165, 1.54) is 12.8 Å². The smallest absolute Gasteiger partial charge is 0.222 e. The summed E-state index contributed by atoms with van der Waals surface area (Å²) in [5.41, 5.74) is 5.93. The molecule has 0 atom stereocenters. The van der Waals surface area contributed by atoms with Gasteiger partial charge in [-0.25, -0.2) is 0 Å². The predicted molar refractivity (Wildman–Crippen MR) is 95.8 cm³/mol. The van der Waals surface area contributed by atoms with E-state index in [4.69, 9.17) is 5.73 Å². The molecule has 1 amide bonds. The van der Waals surface area contributed by atoms with Crippen LogP contribution in [0.2, 0.25) is 0 Å². The number of halogens is 1. The second-order valence-corrected chi connectivity index (χ2v) is 6.36. The van der Waals surface area contributed by atoms with E-state index in [1.54, 1.807) is 0 Å². The molecule has 1 saturated carbocycles. The summed E-state index contributed by atoms with van der Waals surface area (Å²) >= 11 is 1.95. The van der Waals surface area contributed by atoms with Gasteiger partial charge in [0.05, 0.1) is 6.54 Å². The topological polar surface area (TPSA) is 70.7 Å². The molecule has 1 aliphatic heterocycles. The summed E-state index contributed by atoms with van der Waals surface area (Å²) in [4.78, 5) is 18.1. The Labute approximate surface area is 142 Å². The van der Waals surface area contributed by atoms with Gasteiger partial charge in [-0.2, -0.15) is 11.8 Å². The Bertz CT molecular complexity index is 328. The van der Waals surface area contributed by atoms with Crippen LogP contribution in [0, 0.1) is 0 Å². The molecule has 0 aromatic rings. The van der Waals surface area contributed by atoms with E-state index < -0.39 is 0 Å². The van der Waals surface area contributed by atoms with Crippen LogP contribution in [0.15, 0.2) is 4.99 Å². The lowest BCUT2D eigenvalue weighted by atomic mass is 10.2. The molecule has 116 valence electrons. The molecule has 0 unspecified atom stereocenters. The molecule has 7 heteroatoms. The molecule has 1 aliphatic carbocycles. The summed E-state index contributed by atoms with van der Waals surface area (Å²) in [6.45, 7) is 2.43. The maximum absolute atomic E-state index is 11.7. The van der Waals surface area contributed by atoms with Crippen LogP contribution in [0.3, 0.4) is 0 Å². The van der Waals surface area contributed by atoms with Crippen LogP contribution in [0.4, 0.5) is 0 Å². The summed E-state index contributed by atoms with van der Waals surface area (Å²) in [6.07, 6.45) is 5.18. The number of thioether (sulfide) groups is 1. The van der Waals surface area contributed by atoms with E-state index in [1.807, 2.05) is 11.8 Å². The Balaban J connectivity index is 0.00000200. The van der Waals surface area contributed by atoms with Gasteiger partial charge in [0.15, 0.2) is 5.96 Å². The lowest BCUT2D eigenvalue weighted by Crippen LogP contribution is -2.42. The maximum Gasteiger partial charge on any atom is 0.222 e. The molecule has 5 nitrogen and oxygen atoms in total. The van der Waals surface area contributed by atoms with Crippen molar-refractivity contribution < 1.29 is 4.79 Å². The predicted octanol–water partition coefficient (Wildman–Crippen LogP) is 1.42. The van der Waals surface area contributed by atoms with Crippen LogP contribution in [0.25, 0.3) is 0 Å². The van der Waals surface area contributed by atoms with Crippen molar-refractivity contribution in [2.45, 2.75) is 38.1 Å². The molecule has 1 heterocycles. The number of hydrogen-bond acceptors (Lipinski definition) is 3. The van der Waals surface area contributed by atoms with Crippen LogP contribution in [0.5, 0.6) is 0 Å². The second kappa shape index (κ2) is 9.70. The lowest BCUT2D eigenvalue weighted by Gasteiger charge is -2.27. The monoisotopic (exact) mass is 412 g/mol. The SMILES string of the molecule is I.NC(=NCCC(=O)NC1CCCC1)N1CCSCC1. The molecule has 2 rings (SSSR count). The highest BCUT2D eigenvalue weighted by molar-refractivity contribution is 14.0. The first-order valence-electron chi connectivity index (χ1n) is 7.17. The molecule has 3 N–H and O–H groups in total. The van der Waals surface area contributed by atoms with E-state index in [9.17, 15) is 4.79 Å². The number of nitrogens with two attached hydrogens (primary N) is 1. The summed E-state index contributed by atoms with van der Waals surface area (Å²) in [5.74, 6) is 2.92. The number of nitrogens with zero attached hydrogens (tertiary/aromatic N) is 2. The van der Waals surface area contributed by atoms with E-state index in [2.05, 4.69) is 15.2 Å². The van der Waals surface area contributed by atoms with Gasteiger partial charge in [-0.1, -0.05) is 12.8 Å². The highest BCUT2D eigenvalue weighted by Gasteiger charge is 2.17. The Morgan fingerprint density at radius 3 is 2.60 bits per heavy atom. The molecule has 0 aromatic carbocycles. The van der Waals surface area contributed by atoms with Gasteiger partial charge in [-0.05, 0) is 12.8 Å². The first-order valence-corrected chi connectivity index (χ1v) is 8.33. The molecule has 2 aliphatic rings. The Morgan fingerprint density at radius 1 is 1.30 bits per heavy atom. The quantitative estimate of drug-likeness (QED) is 0.416. The van der Waals surface area contributed by atoms with Gasteiger partial charge in [0, 0.05) is 37.1 Å². The van der Waals surface area contributed by atoms with Crippen molar-refractivity contribution in [3.8, 4) is 0 Å². The Kier molecular flexibility index (Phi) is 8.67. The summed E-state index contributed by atoms with van der Waals surface area (Å²) in [5, 5.41) is 3.07. The van der Waals surface area contributed by atoms with Gasteiger partial charge in [0.1, 0.15) is 0 Å². The van der Waals surface area contributed by atoms with Crippen molar-refractivity contribution in [2.24, 2.45) is 10.7 Å². The fourth-order valence-corrected chi connectivity index (χ4v) is 3.44. The van der Waals surface area contributed by atoms with Gasteiger partial charge in [0.25, 0.3) is 0 Å². The third kappa shape index (κ3) is 6.07. The molecule has 2 fully saturated rings. The number of carbonyl (C=O) groups excluding carboxylic acids is 1. The zero-order chi connectivity index (χ0) is 13.5. The molecular weight excluding hydrogens is 387 g/mol. The number of carbonyl (C=O) groups is 1. The number of rotatable bonds is 4. The minimum absolute atomic E-state index is 0. The third-order valence-corrected chi connectivity index (χ3v) is 4.61. The summed E-state index contributed by atoms with van der Waals surface area (Å²) in [6, 6.07) is 0.396. The first kappa shape index (κ1) is 17.9. The lowest BCUT2D eigenvalue weighted by molar-refractivity contribution is -0.121. The van der Waals surface area contributed by atoms with Gasteiger partial charge in [-0.3, -0.25) is 9.79 Å². The summed E-state index contributed by atoms with van der Waals surface area (Å²) < 4.78 is 0. The van der Waals surface area contributed by atoms with Crippen LogP contribution < -0.4 is 11.1 Å². The van der Waals surface area contributed by atoms with E-state index >= 15 is 0 Å². The van der Waals surface area contributed by atoms with E-state index in [-0.39, 0.29) is 29.9 Å². The fourth-order valence-electron chi connectivity index (χ4n) is 2.53. The second-order valence-electron chi connectivity index (χ2n) is 5.14. The average molecular weight is 412 g/mol. The van der Waals surface area contributed by atoms with Crippen molar-refractivity contribution in [3.05, 3.63) is 0 Å². The molecular formula is C13H25IN4OS. The minimum atomic E-state index is 0. The largest absolute Gasteiger partial charge is 0.370 e. The highest BCUT2D eigenvalue weighted by Crippen LogP contribution is 2.17. The van der Waals surface area contributed by atoms with E-state index in [0.29, 0.717) is 25.0 Å². The maximum atomic E-state index is 11.7. The molecule has 0 radical (unpaired) electrons. The van der Waals surface area contributed by atoms with Gasteiger partial charge >= 0.3 is 0 Å². The number of amides is 1. The molecule has 0 bridgehead atoms. The van der Waals surface area contributed by atoms with E-state index in [0.717, 1.165) is 37.4 Å². The molecule has 0 aromatic heterocycles.